The summed E-state index contributed by atoms with van der Waals surface area (Å²) < 4.78 is 5.25. The maximum Gasteiger partial charge on any atom is 0.327 e. The molecule has 0 saturated carbocycles. The van der Waals surface area contributed by atoms with Gasteiger partial charge in [0, 0.05) is 25.5 Å². The van der Waals surface area contributed by atoms with Crippen molar-refractivity contribution in [3.8, 4) is 0 Å². The van der Waals surface area contributed by atoms with Gasteiger partial charge in [-0.3, -0.25) is 0 Å². The first-order chi connectivity index (χ1) is 8.68. The lowest BCUT2D eigenvalue weighted by atomic mass is 10.0. The summed E-state index contributed by atoms with van der Waals surface area (Å²) >= 11 is 1.47. The molecular formula is C11H18N2O4S. The molecule has 2 aliphatic heterocycles. The molecule has 0 aromatic heterocycles. The van der Waals surface area contributed by atoms with Crippen molar-refractivity contribution in [1.29, 1.82) is 0 Å². The lowest BCUT2D eigenvalue weighted by Crippen LogP contribution is -2.48. The Morgan fingerprint density at radius 3 is 2.78 bits per heavy atom. The summed E-state index contributed by atoms with van der Waals surface area (Å²) in [6.07, 6.45) is 1.91. The number of ether oxygens (including phenoxy) is 1. The van der Waals surface area contributed by atoms with E-state index in [1.54, 1.807) is 0 Å². The summed E-state index contributed by atoms with van der Waals surface area (Å²) in [5, 5.41) is 11.8. The van der Waals surface area contributed by atoms with Gasteiger partial charge in [0.1, 0.15) is 6.04 Å². The predicted molar refractivity (Wildman–Crippen MR) is 67.5 cm³/mol. The molecule has 102 valence electrons. The monoisotopic (exact) mass is 274 g/mol. The van der Waals surface area contributed by atoms with Crippen LogP contribution in [0.4, 0.5) is 4.79 Å². The quantitative estimate of drug-likeness (QED) is 0.787. The van der Waals surface area contributed by atoms with Gasteiger partial charge in [-0.05, 0) is 18.8 Å². The van der Waals surface area contributed by atoms with E-state index in [0.29, 0.717) is 24.1 Å². The second-order valence-corrected chi connectivity index (χ2v) is 5.57. The molecule has 2 saturated heterocycles. The molecule has 7 heteroatoms. The van der Waals surface area contributed by atoms with Crippen LogP contribution >= 0.6 is 11.8 Å². The highest BCUT2D eigenvalue weighted by molar-refractivity contribution is 7.99. The topological polar surface area (TPSA) is 78.9 Å². The first-order valence-electron chi connectivity index (χ1n) is 6.11. The van der Waals surface area contributed by atoms with E-state index in [9.17, 15) is 9.59 Å². The van der Waals surface area contributed by atoms with E-state index in [0.717, 1.165) is 26.1 Å². The molecule has 0 bridgehead atoms. The van der Waals surface area contributed by atoms with Crippen LogP contribution < -0.4 is 5.32 Å². The Morgan fingerprint density at radius 1 is 1.39 bits per heavy atom. The van der Waals surface area contributed by atoms with E-state index in [1.165, 1.54) is 16.7 Å². The predicted octanol–water partition coefficient (Wildman–Crippen LogP) is 0.582. The van der Waals surface area contributed by atoms with Crippen LogP contribution in [0.5, 0.6) is 0 Å². The summed E-state index contributed by atoms with van der Waals surface area (Å²) in [5.41, 5.74) is 0. The minimum atomic E-state index is -0.929. The van der Waals surface area contributed by atoms with Gasteiger partial charge in [0.2, 0.25) is 0 Å². The third kappa shape index (κ3) is 3.29. The van der Waals surface area contributed by atoms with Gasteiger partial charge in [0.15, 0.2) is 0 Å². The van der Waals surface area contributed by atoms with E-state index in [2.05, 4.69) is 5.32 Å². The molecule has 2 heterocycles. The molecule has 2 rings (SSSR count). The minimum Gasteiger partial charge on any atom is -0.480 e. The van der Waals surface area contributed by atoms with Crippen LogP contribution in [0, 0.1) is 5.92 Å². The first-order valence-corrected chi connectivity index (χ1v) is 7.26. The zero-order valence-electron chi connectivity index (χ0n) is 10.1. The van der Waals surface area contributed by atoms with Gasteiger partial charge in [0.05, 0.1) is 5.88 Å². The molecule has 2 aliphatic rings. The largest absolute Gasteiger partial charge is 0.480 e. The van der Waals surface area contributed by atoms with Gasteiger partial charge >= 0.3 is 12.0 Å². The van der Waals surface area contributed by atoms with Crippen molar-refractivity contribution in [3.63, 3.8) is 0 Å². The van der Waals surface area contributed by atoms with Crippen molar-refractivity contribution < 1.29 is 19.4 Å². The number of aliphatic carboxylic acids is 1. The lowest BCUT2D eigenvalue weighted by Gasteiger charge is -2.25. The fourth-order valence-corrected chi connectivity index (χ4v) is 3.28. The van der Waals surface area contributed by atoms with Gasteiger partial charge in [-0.2, -0.15) is 0 Å². The number of carboxylic acids is 1. The highest BCUT2D eigenvalue weighted by Crippen LogP contribution is 2.21. The third-order valence-electron chi connectivity index (χ3n) is 3.31. The van der Waals surface area contributed by atoms with Gasteiger partial charge in [0.25, 0.3) is 0 Å². The van der Waals surface area contributed by atoms with E-state index in [1.807, 2.05) is 0 Å². The molecule has 0 aromatic carbocycles. The van der Waals surface area contributed by atoms with Crippen LogP contribution in [-0.2, 0) is 9.53 Å². The summed E-state index contributed by atoms with van der Waals surface area (Å²) in [6, 6.07) is -0.955. The second-order valence-electron chi connectivity index (χ2n) is 4.57. The Labute approximate surface area is 110 Å². The fourth-order valence-electron chi connectivity index (χ4n) is 2.13. The molecule has 18 heavy (non-hydrogen) atoms. The highest BCUT2D eigenvalue weighted by atomic mass is 32.2. The summed E-state index contributed by atoms with van der Waals surface area (Å²) in [6.45, 7) is 2.10. The number of carbonyl (C=O) groups is 2. The number of nitrogens with zero attached hydrogens (tertiary/aromatic N) is 1. The van der Waals surface area contributed by atoms with Crippen molar-refractivity contribution in [2.75, 3.05) is 31.4 Å². The van der Waals surface area contributed by atoms with E-state index < -0.39 is 12.0 Å². The number of nitrogens with one attached hydrogen (secondary N) is 1. The third-order valence-corrected chi connectivity index (χ3v) is 4.32. The number of thioether (sulfide) groups is 1. The number of rotatable bonds is 3. The van der Waals surface area contributed by atoms with E-state index in [-0.39, 0.29) is 6.03 Å². The Bertz CT molecular complexity index is 320. The highest BCUT2D eigenvalue weighted by Gasteiger charge is 2.34. The van der Waals surface area contributed by atoms with E-state index >= 15 is 0 Å². The zero-order chi connectivity index (χ0) is 13.0. The number of hydrogen-bond donors (Lipinski definition) is 2. The van der Waals surface area contributed by atoms with Crippen LogP contribution in [0.3, 0.4) is 0 Å². The van der Waals surface area contributed by atoms with Crippen LogP contribution in [0.1, 0.15) is 12.8 Å². The molecule has 2 N–H and O–H groups in total. The summed E-state index contributed by atoms with van der Waals surface area (Å²) in [4.78, 5) is 24.3. The van der Waals surface area contributed by atoms with Gasteiger partial charge in [-0.25, -0.2) is 9.59 Å². The molecule has 0 spiro atoms. The van der Waals surface area contributed by atoms with Crippen LogP contribution in [0.25, 0.3) is 0 Å². The molecule has 0 aliphatic carbocycles. The van der Waals surface area contributed by atoms with Crippen LogP contribution in [0.15, 0.2) is 0 Å². The molecule has 2 amide bonds. The lowest BCUT2D eigenvalue weighted by molar-refractivity contribution is -0.140. The molecule has 1 unspecified atom stereocenters. The number of carboxylic acid groups (broad SMARTS) is 1. The Balaban J connectivity index is 1.78. The second kappa shape index (κ2) is 6.29. The normalized spacial score (nSPS) is 25.1. The number of urea groups is 1. The minimum absolute atomic E-state index is 0.265. The van der Waals surface area contributed by atoms with Crippen molar-refractivity contribution in [3.05, 3.63) is 0 Å². The maximum absolute atomic E-state index is 11.9. The average Bonchev–Trinajstić information content (AvgIpc) is 2.86. The Hall–Kier alpha value is -0.950. The number of hydrogen-bond acceptors (Lipinski definition) is 4. The van der Waals surface area contributed by atoms with Crippen molar-refractivity contribution in [2.45, 2.75) is 18.9 Å². The number of amides is 2. The molecular weight excluding hydrogens is 256 g/mol. The van der Waals surface area contributed by atoms with Crippen molar-refractivity contribution in [2.24, 2.45) is 5.92 Å². The Kier molecular flexibility index (Phi) is 4.71. The SMILES string of the molecule is O=C(O)C1CSCN1C(=O)NCC1CCOCC1. The van der Waals surface area contributed by atoms with E-state index in [4.69, 9.17) is 9.84 Å². The number of carbonyl (C=O) groups excluding carboxylic acids is 1. The smallest absolute Gasteiger partial charge is 0.327 e. The molecule has 2 fully saturated rings. The molecule has 0 aromatic rings. The molecule has 6 nitrogen and oxygen atoms in total. The first kappa shape index (κ1) is 13.5. The average molecular weight is 274 g/mol. The molecule has 0 radical (unpaired) electrons. The van der Waals surface area contributed by atoms with Crippen LogP contribution in [-0.4, -0.2) is 59.4 Å². The molecule has 1 atom stereocenters. The zero-order valence-corrected chi connectivity index (χ0v) is 10.9. The standard InChI is InChI=1S/C11H18N2O4S/c14-10(15)9-6-18-7-13(9)11(16)12-5-8-1-3-17-4-2-8/h8-9H,1-7H2,(H,12,16)(H,14,15). The van der Waals surface area contributed by atoms with Gasteiger partial charge in [-0.15, -0.1) is 11.8 Å². The van der Waals surface area contributed by atoms with Crippen molar-refractivity contribution >= 4 is 23.8 Å². The van der Waals surface area contributed by atoms with Gasteiger partial charge in [-0.1, -0.05) is 0 Å². The Morgan fingerprint density at radius 2 is 2.11 bits per heavy atom. The maximum atomic E-state index is 11.9. The van der Waals surface area contributed by atoms with Gasteiger partial charge < -0.3 is 20.1 Å². The summed E-state index contributed by atoms with van der Waals surface area (Å²) in [5.74, 6) is 0.443. The fraction of sp³-hybridized carbons (Fsp3) is 0.818. The van der Waals surface area contributed by atoms with Crippen molar-refractivity contribution in [1.82, 2.24) is 10.2 Å². The van der Waals surface area contributed by atoms with Crippen LogP contribution in [0.2, 0.25) is 0 Å². The summed E-state index contributed by atoms with van der Waals surface area (Å²) in [7, 11) is 0.